The van der Waals surface area contributed by atoms with Crippen LogP contribution in [0.5, 0.6) is 0 Å². The van der Waals surface area contributed by atoms with Gasteiger partial charge >= 0.3 is 0 Å². The molecule has 13 heavy (non-hydrogen) atoms. The van der Waals surface area contributed by atoms with Crippen LogP contribution in [-0.4, -0.2) is 5.78 Å². The number of fused-ring (bicyclic) bond motifs is 1. The van der Waals surface area contributed by atoms with Gasteiger partial charge in [-0.3, -0.25) is 4.79 Å². The number of hydrogen-bond donors (Lipinski definition) is 0. The highest BCUT2D eigenvalue weighted by molar-refractivity contribution is 6.10. The number of hydrogen-bond acceptors (Lipinski definition) is 1. The lowest BCUT2D eigenvalue weighted by molar-refractivity contribution is -0.111. The van der Waals surface area contributed by atoms with E-state index in [2.05, 4.69) is 12.2 Å². The molecular formula is C12H10O. The minimum absolute atomic E-state index is 0.157. The van der Waals surface area contributed by atoms with Crippen molar-refractivity contribution in [3.05, 3.63) is 47.1 Å². The van der Waals surface area contributed by atoms with Crippen molar-refractivity contribution < 1.29 is 4.79 Å². The molecule has 0 radical (unpaired) electrons. The van der Waals surface area contributed by atoms with E-state index in [0.717, 1.165) is 11.5 Å². The fourth-order valence-corrected chi connectivity index (χ4v) is 1.98. The highest BCUT2D eigenvalue weighted by Gasteiger charge is 2.32. The molecule has 0 unspecified atom stereocenters. The molecule has 0 spiro atoms. The maximum atomic E-state index is 11.4. The van der Waals surface area contributed by atoms with E-state index in [1.54, 1.807) is 6.08 Å². The van der Waals surface area contributed by atoms with Crippen LogP contribution in [-0.2, 0) is 4.79 Å². The molecule has 3 rings (SSSR count). The van der Waals surface area contributed by atoms with E-state index in [1.807, 2.05) is 12.2 Å². The molecule has 0 aromatic carbocycles. The van der Waals surface area contributed by atoms with Crippen molar-refractivity contribution in [1.82, 2.24) is 0 Å². The lowest BCUT2D eigenvalue weighted by Crippen LogP contribution is -2.04. The van der Waals surface area contributed by atoms with Gasteiger partial charge in [-0.05, 0) is 36.0 Å². The van der Waals surface area contributed by atoms with Gasteiger partial charge < -0.3 is 0 Å². The smallest absolute Gasteiger partial charge is 0.186 e. The second kappa shape index (κ2) is 2.32. The summed E-state index contributed by atoms with van der Waals surface area (Å²) in [6, 6.07) is 0. The third-order valence-corrected chi connectivity index (χ3v) is 2.82. The highest BCUT2D eigenvalue weighted by atomic mass is 16.1. The minimum atomic E-state index is 0.157. The molecular weight excluding hydrogens is 160 g/mol. The molecule has 1 nitrogen and oxygen atoms in total. The molecule has 64 valence electrons. The second-order valence-electron chi connectivity index (χ2n) is 3.78. The normalized spacial score (nSPS) is 25.2. The molecule has 0 atom stereocenters. The van der Waals surface area contributed by atoms with Crippen molar-refractivity contribution in [3.63, 3.8) is 0 Å². The lowest BCUT2D eigenvalue weighted by atomic mass is 9.93. The van der Waals surface area contributed by atoms with Gasteiger partial charge in [0, 0.05) is 5.57 Å². The Morgan fingerprint density at radius 1 is 1.08 bits per heavy atom. The predicted octanol–water partition coefficient (Wildman–Crippen LogP) is 2.33. The number of rotatable bonds is 1. The summed E-state index contributed by atoms with van der Waals surface area (Å²) in [4.78, 5) is 11.4. The van der Waals surface area contributed by atoms with Gasteiger partial charge in [0.15, 0.2) is 5.78 Å². The Bertz CT molecular complexity index is 401. The largest absolute Gasteiger partial charge is 0.289 e. The highest BCUT2D eigenvalue weighted by Crippen LogP contribution is 2.45. The molecule has 3 aliphatic carbocycles. The third-order valence-electron chi connectivity index (χ3n) is 2.82. The zero-order chi connectivity index (χ0) is 8.84. The van der Waals surface area contributed by atoms with Crippen LogP contribution >= 0.6 is 0 Å². The average Bonchev–Trinajstić information content (AvgIpc) is 2.87. The van der Waals surface area contributed by atoms with Gasteiger partial charge in [-0.1, -0.05) is 24.3 Å². The Morgan fingerprint density at radius 3 is 2.69 bits per heavy atom. The van der Waals surface area contributed by atoms with Gasteiger partial charge in [0.25, 0.3) is 0 Å². The van der Waals surface area contributed by atoms with Crippen LogP contribution in [0.4, 0.5) is 0 Å². The summed E-state index contributed by atoms with van der Waals surface area (Å²) in [5, 5.41) is 0. The Morgan fingerprint density at radius 2 is 1.92 bits per heavy atom. The number of carbonyl (C=O) groups is 1. The molecule has 0 amide bonds. The first-order valence-corrected chi connectivity index (χ1v) is 4.71. The summed E-state index contributed by atoms with van der Waals surface area (Å²) in [7, 11) is 0. The van der Waals surface area contributed by atoms with Crippen molar-refractivity contribution in [2.45, 2.75) is 12.8 Å². The zero-order valence-corrected chi connectivity index (χ0v) is 7.29. The summed E-state index contributed by atoms with van der Waals surface area (Å²) >= 11 is 0. The standard InChI is InChI=1S/C12H10O/c13-12-3-1-2-10-9(8-4-5-8)6-7-11(10)12/h1-3,6-8H,4-5H2. The molecule has 0 heterocycles. The Labute approximate surface area is 77.1 Å². The SMILES string of the molecule is O=C1C=CC=C2C1=CC=C2C1CC1. The molecule has 0 aliphatic heterocycles. The molecule has 0 aromatic heterocycles. The first-order chi connectivity index (χ1) is 6.36. The van der Waals surface area contributed by atoms with Crippen LogP contribution < -0.4 is 0 Å². The summed E-state index contributed by atoms with van der Waals surface area (Å²) in [6.07, 6.45) is 12.2. The van der Waals surface area contributed by atoms with Crippen LogP contribution in [0.2, 0.25) is 0 Å². The van der Waals surface area contributed by atoms with Gasteiger partial charge in [-0.15, -0.1) is 0 Å². The van der Waals surface area contributed by atoms with Crippen LogP contribution in [0.15, 0.2) is 47.1 Å². The fraction of sp³-hybridized carbons (Fsp3) is 0.250. The van der Waals surface area contributed by atoms with Gasteiger partial charge in [-0.2, -0.15) is 0 Å². The molecule has 0 N–H and O–H groups in total. The number of carbonyl (C=O) groups excluding carboxylic acids is 1. The molecule has 1 heteroatoms. The van der Waals surface area contributed by atoms with Gasteiger partial charge in [0.1, 0.15) is 0 Å². The van der Waals surface area contributed by atoms with E-state index in [4.69, 9.17) is 0 Å². The second-order valence-corrected chi connectivity index (χ2v) is 3.78. The monoisotopic (exact) mass is 170 g/mol. The van der Waals surface area contributed by atoms with Gasteiger partial charge in [0.05, 0.1) is 0 Å². The quantitative estimate of drug-likeness (QED) is 0.590. The first kappa shape index (κ1) is 7.07. The lowest BCUT2D eigenvalue weighted by Gasteiger charge is -2.09. The first-order valence-electron chi connectivity index (χ1n) is 4.71. The molecule has 1 fully saturated rings. The predicted molar refractivity (Wildman–Crippen MR) is 51.1 cm³/mol. The summed E-state index contributed by atoms with van der Waals surface area (Å²) in [6.45, 7) is 0. The van der Waals surface area contributed by atoms with E-state index >= 15 is 0 Å². The molecule has 0 bridgehead atoms. The topological polar surface area (TPSA) is 17.1 Å². The molecule has 0 saturated heterocycles. The van der Waals surface area contributed by atoms with E-state index in [9.17, 15) is 4.79 Å². The van der Waals surface area contributed by atoms with E-state index in [-0.39, 0.29) is 5.78 Å². The minimum Gasteiger partial charge on any atom is -0.289 e. The maximum absolute atomic E-state index is 11.4. The number of allylic oxidation sites excluding steroid dienone is 8. The van der Waals surface area contributed by atoms with E-state index in [0.29, 0.717) is 0 Å². The number of ketones is 1. The van der Waals surface area contributed by atoms with Crippen molar-refractivity contribution in [1.29, 1.82) is 0 Å². The summed E-state index contributed by atoms with van der Waals surface area (Å²) in [5.41, 5.74) is 3.45. The fourth-order valence-electron chi connectivity index (χ4n) is 1.98. The van der Waals surface area contributed by atoms with Gasteiger partial charge in [0.2, 0.25) is 0 Å². The Kier molecular flexibility index (Phi) is 1.26. The average molecular weight is 170 g/mol. The van der Waals surface area contributed by atoms with Crippen molar-refractivity contribution in [3.8, 4) is 0 Å². The maximum Gasteiger partial charge on any atom is 0.186 e. The Balaban J connectivity index is 2.03. The van der Waals surface area contributed by atoms with Crippen molar-refractivity contribution in [2.75, 3.05) is 0 Å². The van der Waals surface area contributed by atoms with Crippen molar-refractivity contribution in [2.24, 2.45) is 5.92 Å². The third kappa shape index (κ3) is 0.966. The Hall–Kier alpha value is -1.37. The van der Waals surface area contributed by atoms with Crippen LogP contribution in [0, 0.1) is 5.92 Å². The summed E-state index contributed by atoms with van der Waals surface area (Å²) < 4.78 is 0. The van der Waals surface area contributed by atoms with Crippen molar-refractivity contribution >= 4 is 5.78 Å². The summed E-state index contributed by atoms with van der Waals surface area (Å²) in [5.74, 6) is 0.892. The van der Waals surface area contributed by atoms with Crippen LogP contribution in [0.1, 0.15) is 12.8 Å². The van der Waals surface area contributed by atoms with Crippen LogP contribution in [0.25, 0.3) is 0 Å². The van der Waals surface area contributed by atoms with Gasteiger partial charge in [-0.25, -0.2) is 0 Å². The zero-order valence-electron chi connectivity index (χ0n) is 7.29. The molecule has 0 aromatic rings. The van der Waals surface area contributed by atoms with Crippen LogP contribution in [0.3, 0.4) is 0 Å². The van der Waals surface area contributed by atoms with E-state index < -0.39 is 0 Å². The molecule has 3 aliphatic rings. The molecule has 1 saturated carbocycles. The van der Waals surface area contributed by atoms with E-state index in [1.165, 1.54) is 24.0 Å².